The Morgan fingerprint density at radius 2 is 1.77 bits per heavy atom. The van der Waals surface area contributed by atoms with Gasteiger partial charge in [-0.15, -0.1) is 0 Å². The van der Waals surface area contributed by atoms with Crippen molar-refractivity contribution in [2.45, 2.75) is 25.2 Å². The van der Waals surface area contributed by atoms with Crippen molar-refractivity contribution in [1.82, 2.24) is 0 Å². The topological polar surface area (TPSA) is 38.7 Å². The van der Waals surface area contributed by atoms with Gasteiger partial charge in [-0.1, -0.05) is 36.3 Å². The summed E-state index contributed by atoms with van der Waals surface area (Å²) in [4.78, 5) is 0. The molecule has 2 aromatic carbocycles. The van der Waals surface area contributed by atoms with Gasteiger partial charge in [0, 0.05) is 11.1 Å². The summed E-state index contributed by atoms with van der Waals surface area (Å²) in [6, 6.07) is 15.0. The van der Waals surface area contributed by atoms with Crippen molar-refractivity contribution in [3.05, 3.63) is 65.2 Å². The molecule has 22 heavy (non-hydrogen) atoms. The Morgan fingerprint density at radius 1 is 1.05 bits per heavy atom. The first kappa shape index (κ1) is 14.6. The lowest BCUT2D eigenvalue weighted by Gasteiger charge is -2.22. The molecular weight excluding hydrogens is 276 g/mol. The normalized spacial score (nSPS) is 21.6. The van der Waals surface area contributed by atoms with Crippen LogP contribution in [0.15, 0.2) is 48.5 Å². The zero-order valence-electron chi connectivity index (χ0n) is 12.9. The van der Waals surface area contributed by atoms with E-state index in [4.69, 9.17) is 9.47 Å². The molecule has 3 nitrogen and oxygen atoms in total. The molecule has 0 fully saturated rings. The third kappa shape index (κ3) is 2.48. The van der Waals surface area contributed by atoms with Crippen LogP contribution in [-0.2, 0) is 16.1 Å². The maximum Gasteiger partial charge on any atom is 0.260 e. The molecule has 0 bridgehead atoms. The summed E-state index contributed by atoms with van der Waals surface area (Å²) >= 11 is 0. The fourth-order valence-electron chi connectivity index (χ4n) is 2.73. The summed E-state index contributed by atoms with van der Waals surface area (Å²) < 4.78 is 11.0. The molecule has 0 saturated carbocycles. The molecule has 1 heterocycles. The van der Waals surface area contributed by atoms with Gasteiger partial charge in [-0.25, -0.2) is 0 Å². The quantitative estimate of drug-likeness (QED) is 0.821. The highest BCUT2D eigenvalue weighted by molar-refractivity contribution is 5.47. The van der Waals surface area contributed by atoms with Crippen molar-refractivity contribution in [3.63, 3.8) is 0 Å². The lowest BCUT2D eigenvalue weighted by Crippen LogP contribution is -2.27. The van der Waals surface area contributed by atoms with Crippen LogP contribution in [0.1, 0.15) is 30.5 Å². The Balaban J connectivity index is 2.01. The van der Waals surface area contributed by atoms with E-state index in [1.165, 1.54) is 0 Å². The third-order valence-electron chi connectivity index (χ3n) is 3.79. The van der Waals surface area contributed by atoms with Crippen molar-refractivity contribution in [1.29, 1.82) is 0 Å². The number of hydrogen-bond acceptors (Lipinski definition) is 3. The van der Waals surface area contributed by atoms with Gasteiger partial charge in [0.15, 0.2) is 0 Å². The lowest BCUT2D eigenvalue weighted by atomic mass is 9.94. The average Bonchev–Trinajstić information content (AvgIpc) is 2.73. The molecule has 0 saturated heterocycles. The summed E-state index contributed by atoms with van der Waals surface area (Å²) in [6.45, 7) is 3.86. The molecule has 0 spiro atoms. The number of methoxy groups -OCH3 is 1. The van der Waals surface area contributed by atoms with E-state index in [9.17, 15) is 5.11 Å². The van der Waals surface area contributed by atoms with Crippen molar-refractivity contribution >= 4 is 0 Å². The van der Waals surface area contributed by atoms with Crippen molar-refractivity contribution in [2.24, 2.45) is 0 Å². The van der Waals surface area contributed by atoms with Crippen LogP contribution in [0.4, 0.5) is 0 Å². The van der Waals surface area contributed by atoms with Crippen LogP contribution in [-0.4, -0.2) is 12.2 Å². The first-order chi connectivity index (χ1) is 10.4. The standard InChI is InChI=1S/C19H18O3/c1-18(2)16-9-4-5-10-17(16)19(20,22-18)12-11-14-7-6-8-15(13-14)21-3/h4-10,13,20H,1-3H3. The zero-order chi connectivity index (χ0) is 15.8. The summed E-state index contributed by atoms with van der Waals surface area (Å²) in [5.41, 5.74) is 1.85. The van der Waals surface area contributed by atoms with Gasteiger partial charge < -0.3 is 14.6 Å². The van der Waals surface area contributed by atoms with E-state index in [0.29, 0.717) is 5.56 Å². The predicted molar refractivity (Wildman–Crippen MR) is 84.3 cm³/mol. The molecule has 1 atom stereocenters. The van der Waals surface area contributed by atoms with Gasteiger partial charge in [0.1, 0.15) is 5.75 Å². The van der Waals surface area contributed by atoms with Crippen LogP contribution in [0.2, 0.25) is 0 Å². The van der Waals surface area contributed by atoms with Gasteiger partial charge in [-0.05, 0) is 43.5 Å². The maximum absolute atomic E-state index is 10.8. The second-order valence-electron chi connectivity index (χ2n) is 5.78. The van der Waals surface area contributed by atoms with Crippen LogP contribution >= 0.6 is 0 Å². The van der Waals surface area contributed by atoms with Crippen molar-refractivity contribution in [3.8, 4) is 17.6 Å². The molecule has 0 aromatic heterocycles. The first-order valence-electron chi connectivity index (χ1n) is 7.14. The van der Waals surface area contributed by atoms with E-state index >= 15 is 0 Å². The van der Waals surface area contributed by atoms with E-state index in [1.54, 1.807) is 7.11 Å². The molecule has 2 aromatic rings. The summed E-state index contributed by atoms with van der Waals surface area (Å²) in [5, 5.41) is 10.8. The molecular formula is C19H18O3. The second kappa shape index (κ2) is 5.17. The van der Waals surface area contributed by atoms with Gasteiger partial charge >= 0.3 is 0 Å². The summed E-state index contributed by atoms with van der Waals surface area (Å²) in [7, 11) is 1.61. The SMILES string of the molecule is COc1cccc(C#CC2(O)OC(C)(C)c3ccccc32)c1. The molecule has 1 aliphatic rings. The molecule has 1 N–H and O–H groups in total. The average molecular weight is 294 g/mol. The van der Waals surface area contributed by atoms with Crippen LogP contribution in [0.3, 0.4) is 0 Å². The van der Waals surface area contributed by atoms with Gasteiger partial charge in [0.25, 0.3) is 5.79 Å². The predicted octanol–water partition coefficient (Wildman–Crippen LogP) is 3.16. The van der Waals surface area contributed by atoms with Crippen molar-refractivity contribution in [2.75, 3.05) is 7.11 Å². The minimum Gasteiger partial charge on any atom is -0.497 e. The number of fused-ring (bicyclic) bond motifs is 1. The van der Waals surface area contributed by atoms with Gasteiger partial charge in [-0.3, -0.25) is 0 Å². The number of aliphatic hydroxyl groups is 1. The van der Waals surface area contributed by atoms with E-state index in [-0.39, 0.29) is 0 Å². The third-order valence-corrected chi connectivity index (χ3v) is 3.79. The highest BCUT2D eigenvalue weighted by atomic mass is 16.6. The van der Waals surface area contributed by atoms with Crippen molar-refractivity contribution < 1.29 is 14.6 Å². The Morgan fingerprint density at radius 3 is 2.50 bits per heavy atom. The number of rotatable bonds is 1. The van der Waals surface area contributed by atoms with Gasteiger partial charge in [0.05, 0.1) is 12.7 Å². The molecule has 3 heteroatoms. The van der Waals surface area contributed by atoms with Gasteiger partial charge in [0.2, 0.25) is 0 Å². The van der Waals surface area contributed by atoms with E-state index in [2.05, 4.69) is 11.8 Å². The van der Waals surface area contributed by atoms with E-state index in [0.717, 1.165) is 16.9 Å². The molecule has 0 radical (unpaired) electrons. The lowest BCUT2D eigenvalue weighted by molar-refractivity contribution is -0.210. The van der Waals surface area contributed by atoms with Crippen LogP contribution in [0.5, 0.6) is 5.75 Å². The van der Waals surface area contributed by atoms with E-state index < -0.39 is 11.4 Å². The maximum atomic E-state index is 10.8. The monoisotopic (exact) mass is 294 g/mol. The Bertz CT molecular complexity index is 767. The number of ether oxygens (including phenoxy) is 2. The largest absolute Gasteiger partial charge is 0.497 e. The Kier molecular flexibility index (Phi) is 3.44. The zero-order valence-corrected chi connectivity index (χ0v) is 12.9. The molecule has 0 amide bonds. The number of hydrogen-bond donors (Lipinski definition) is 1. The molecule has 1 aliphatic heterocycles. The minimum absolute atomic E-state index is 0.575. The molecule has 1 unspecified atom stereocenters. The summed E-state index contributed by atoms with van der Waals surface area (Å²) in [6.07, 6.45) is 0. The van der Waals surface area contributed by atoms with Crippen LogP contribution in [0, 0.1) is 11.8 Å². The van der Waals surface area contributed by atoms with Crippen LogP contribution < -0.4 is 4.74 Å². The molecule has 112 valence electrons. The fourth-order valence-corrected chi connectivity index (χ4v) is 2.73. The first-order valence-corrected chi connectivity index (χ1v) is 7.14. The second-order valence-corrected chi connectivity index (χ2v) is 5.78. The van der Waals surface area contributed by atoms with E-state index in [1.807, 2.05) is 62.4 Å². The minimum atomic E-state index is -1.59. The summed E-state index contributed by atoms with van der Waals surface area (Å²) in [5.74, 6) is 4.98. The Labute approximate surface area is 130 Å². The Hall–Kier alpha value is -2.28. The highest BCUT2D eigenvalue weighted by Crippen LogP contribution is 2.45. The van der Waals surface area contributed by atoms with Crippen LogP contribution in [0.25, 0.3) is 0 Å². The highest BCUT2D eigenvalue weighted by Gasteiger charge is 2.46. The fraction of sp³-hybridized carbons (Fsp3) is 0.263. The molecule has 3 rings (SSSR count). The van der Waals surface area contributed by atoms with Gasteiger partial charge in [-0.2, -0.15) is 0 Å². The number of benzene rings is 2. The molecule has 0 aliphatic carbocycles. The smallest absolute Gasteiger partial charge is 0.260 e.